The molecule has 0 atom stereocenters. The second kappa shape index (κ2) is 6.89. The van der Waals surface area contributed by atoms with Crippen LogP contribution in [0.4, 0.5) is 5.69 Å². The third-order valence-corrected chi connectivity index (χ3v) is 4.69. The maximum Gasteiger partial charge on any atom is 0.0480 e. The molecule has 1 aliphatic rings. The molecule has 0 aliphatic heterocycles. The summed E-state index contributed by atoms with van der Waals surface area (Å²) in [6, 6.07) is 9.28. The van der Waals surface area contributed by atoms with Gasteiger partial charge in [0, 0.05) is 22.4 Å². The van der Waals surface area contributed by atoms with Gasteiger partial charge in [-0.25, -0.2) is 0 Å². The Hall–Kier alpha value is -0.890. The number of thioether (sulfide) groups is 1. The predicted octanol–water partition coefficient (Wildman–Crippen LogP) is 4.96. The molecule has 1 saturated carbocycles. The van der Waals surface area contributed by atoms with Gasteiger partial charge in [-0.1, -0.05) is 25.1 Å². The smallest absolute Gasteiger partial charge is 0.0480 e. The van der Waals surface area contributed by atoms with Crippen molar-refractivity contribution in [3.63, 3.8) is 0 Å². The van der Waals surface area contributed by atoms with Crippen LogP contribution in [0.25, 0.3) is 0 Å². The summed E-state index contributed by atoms with van der Waals surface area (Å²) < 4.78 is 0. The fourth-order valence-corrected chi connectivity index (χ4v) is 3.24. The molecular weight excluding hydrogens is 238 g/mol. The van der Waals surface area contributed by atoms with Gasteiger partial charge in [-0.05, 0) is 43.7 Å². The van der Waals surface area contributed by atoms with Gasteiger partial charge in [0.15, 0.2) is 0 Å². The van der Waals surface area contributed by atoms with Crippen LogP contribution >= 0.6 is 11.8 Å². The van der Waals surface area contributed by atoms with E-state index >= 15 is 0 Å². The molecule has 1 fully saturated rings. The maximum atomic E-state index is 3.79. The zero-order valence-electron chi connectivity index (χ0n) is 11.2. The summed E-state index contributed by atoms with van der Waals surface area (Å²) >= 11 is 1.86. The highest BCUT2D eigenvalue weighted by molar-refractivity contribution is 7.99. The molecule has 18 heavy (non-hydrogen) atoms. The fraction of sp³-hybridized carbons (Fsp3) is 0.500. The largest absolute Gasteiger partial charge is 0.381 e. The average Bonchev–Trinajstić information content (AvgIpc) is 2.40. The Bertz CT molecular complexity index is 380. The van der Waals surface area contributed by atoms with Crippen LogP contribution in [0, 0.1) is 5.92 Å². The molecule has 98 valence electrons. The Kier molecular flexibility index (Phi) is 5.18. The van der Waals surface area contributed by atoms with Gasteiger partial charge in [-0.2, -0.15) is 0 Å². The monoisotopic (exact) mass is 261 g/mol. The Labute approximate surface area is 115 Å². The van der Waals surface area contributed by atoms with E-state index in [1.165, 1.54) is 36.3 Å². The third-order valence-electron chi connectivity index (χ3n) is 3.62. The molecule has 0 spiro atoms. The number of nitrogens with one attached hydrogen (secondary N) is 1. The van der Waals surface area contributed by atoms with Crippen molar-refractivity contribution in [3.05, 3.63) is 36.9 Å². The molecular formula is C16H23NS. The summed E-state index contributed by atoms with van der Waals surface area (Å²) in [4.78, 5) is 1.34. The van der Waals surface area contributed by atoms with Gasteiger partial charge in [0.2, 0.25) is 0 Å². The summed E-state index contributed by atoms with van der Waals surface area (Å²) in [5.41, 5.74) is 1.30. The quantitative estimate of drug-likeness (QED) is 0.594. The van der Waals surface area contributed by atoms with Crippen molar-refractivity contribution >= 4 is 17.4 Å². The van der Waals surface area contributed by atoms with Crippen LogP contribution in [0.3, 0.4) is 0 Å². The van der Waals surface area contributed by atoms with E-state index in [1.54, 1.807) is 0 Å². The van der Waals surface area contributed by atoms with E-state index in [2.05, 4.69) is 43.1 Å². The van der Waals surface area contributed by atoms with Gasteiger partial charge < -0.3 is 5.32 Å². The number of rotatable bonds is 5. The summed E-state index contributed by atoms with van der Waals surface area (Å²) in [7, 11) is 0. The van der Waals surface area contributed by atoms with E-state index in [1.807, 2.05) is 17.8 Å². The lowest BCUT2D eigenvalue weighted by Gasteiger charge is -2.28. The SMILES string of the molecule is C=CCSc1ccccc1NC1CCC(C)CC1. The summed E-state index contributed by atoms with van der Waals surface area (Å²) in [5, 5.41) is 3.72. The van der Waals surface area contributed by atoms with Gasteiger partial charge in [0.1, 0.15) is 0 Å². The normalized spacial score (nSPS) is 23.6. The Morgan fingerprint density at radius 1 is 1.28 bits per heavy atom. The van der Waals surface area contributed by atoms with Crippen LogP contribution in [-0.2, 0) is 0 Å². The molecule has 1 aromatic rings. The maximum absolute atomic E-state index is 3.79. The third kappa shape index (κ3) is 3.81. The second-order valence-electron chi connectivity index (χ2n) is 5.20. The number of anilines is 1. The standard InChI is InChI=1S/C16H23NS/c1-3-12-18-16-7-5-4-6-15(16)17-14-10-8-13(2)9-11-14/h3-7,13-14,17H,1,8-12H2,2H3. The molecule has 1 N–H and O–H groups in total. The lowest BCUT2D eigenvalue weighted by Crippen LogP contribution is -2.25. The number of hydrogen-bond acceptors (Lipinski definition) is 2. The lowest BCUT2D eigenvalue weighted by molar-refractivity contribution is 0.361. The minimum absolute atomic E-state index is 0.659. The Balaban J connectivity index is 1.97. The van der Waals surface area contributed by atoms with Crippen molar-refractivity contribution in [2.75, 3.05) is 11.1 Å². The molecule has 0 heterocycles. The van der Waals surface area contributed by atoms with Crippen molar-refractivity contribution < 1.29 is 0 Å². The summed E-state index contributed by atoms with van der Waals surface area (Å²) in [6.45, 7) is 6.15. The molecule has 2 heteroatoms. The molecule has 0 radical (unpaired) electrons. The number of benzene rings is 1. The molecule has 1 nitrogen and oxygen atoms in total. The van der Waals surface area contributed by atoms with Gasteiger partial charge in [-0.15, -0.1) is 18.3 Å². The van der Waals surface area contributed by atoms with E-state index in [0.717, 1.165) is 11.7 Å². The Morgan fingerprint density at radius 3 is 2.72 bits per heavy atom. The van der Waals surface area contributed by atoms with Crippen LogP contribution in [-0.4, -0.2) is 11.8 Å². The van der Waals surface area contributed by atoms with Crippen LogP contribution < -0.4 is 5.32 Å². The van der Waals surface area contributed by atoms with E-state index in [9.17, 15) is 0 Å². The van der Waals surface area contributed by atoms with Crippen molar-refractivity contribution in [1.29, 1.82) is 0 Å². The molecule has 2 rings (SSSR count). The molecule has 0 aromatic heterocycles. The van der Waals surface area contributed by atoms with Crippen LogP contribution in [0.2, 0.25) is 0 Å². The molecule has 0 saturated heterocycles. The summed E-state index contributed by atoms with van der Waals surface area (Å²) in [6.07, 6.45) is 7.30. The first-order chi connectivity index (χ1) is 8.79. The van der Waals surface area contributed by atoms with Crippen molar-refractivity contribution in [1.82, 2.24) is 0 Å². The van der Waals surface area contributed by atoms with Crippen LogP contribution in [0.1, 0.15) is 32.6 Å². The van der Waals surface area contributed by atoms with Gasteiger partial charge in [0.25, 0.3) is 0 Å². The molecule has 1 aliphatic carbocycles. The first-order valence-corrected chi connectivity index (χ1v) is 7.87. The van der Waals surface area contributed by atoms with Gasteiger partial charge in [-0.3, -0.25) is 0 Å². The second-order valence-corrected chi connectivity index (χ2v) is 6.26. The highest BCUT2D eigenvalue weighted by Gasteiger charge is 2.18. The zero-order valence-corrected chi connectivity index (χ0v) is 12.0. The van der Waals surface area contributed by atoms with Crippen molar-refractivity contribution in [2.45, 2.75) is 43.5 Å². The molecule has 0 amide bonds. The van der Waals surface area contributed by atoms with E-state index < -0.39 is 0 Å². The summed E-state index contributed by atoms with van der Waals surface area (Å²) in [5.74, 6) is 1.88. The van der Waals surface area contributed by atoms with Crippen LogP contribution in [0.5, 0.6) is 0 Å². The molecule has 0 bridgehead atoms. The minimum atomic E-state index is 0.659. The highest BCUT2D eigenvalue weighted by Crippen LogP contribution is 2.31. The molecule has 0 unspecified atom stereocenters. The zero-order chi connectivity index (χ0) is 12.8. The lowest BCUT2D eigenvalue weighted by atomic mass is 9.87. The van der Waals surface area contributed by atoms with Gasteiger partial charge in [0.05, 0.1) is 0 Å². The average molecular weight is 261 g/mol. The topological polar surface area (TPSA) is 12.0 Å². The fourth-order valence-electron chi connectivity index (χ4n) is 2.48. The Morgan fingerprint density at radius 2 is 2.00 bits per heavy atom. The van der Waals surface area contributed by atoms with E-state index in [-0.39, 0.29) is 0 Å². The predicted molar refractivity (Wildman–Crippen MR) is 82.4 cm³/mol. The van der Waals surface area contributed by atoms with Crippen LogP contribution in [0.15, 0.2) is 41.8 Å². The van der Waals surface area contributed by atoms with Crippen molar-refractivity contribution in [2.24, 2.45) is 5.92 Å². The highest BCUT2D eigenvalue weighted by atomic mass is 32.2. The van der Waals surface area contributed by atoms with E-state index in [0.29, 0.717) is 6.04 Å². The number of hydrogen-bond donors (Lipinski definition) is 1. The first kappa shape index (κ1) is 13.5. The van der Waals surface area contributed by atoms with Crippen molar-refractivity contribution in [3.8, 4) is 0 Å². The first-order valence-electron chi connectivity index (χ1n) is 6.89. The molecule has 1 aromatic carbocycles. The number of para-hydroxylation sites is 1. The van der Waals surface area contributed by atoms with E-state index in [4.69, 9.17) is 0 Å². The minimum Gasteiger partial charge on any atom is -0.381 e. The van der Waals surface area contributed by atoms with Gasteiger partial charge >= 0.3 is 0 Å².